The number of hydrogen-bond donors (Lipinski definition) is 2. The zero-order valence-electron chi connectivity index (χ0n) is 7.69. The summed E-state index contributed by atoms with van der Waals surface area (Å²) in [7, 11) is 1.55. The van der Waals surface area contributed by atoms with Crippen molar-refractivity contribution in [3.63, 3.8) is 0 Å². The number of carbonyl (C=O) groups is 1. The van der Waals surface area contributed by atoms with Gasteiger partial charge in [-0.05, 0) is 18.2 Å². The van der Waals surface area contributed by atoms with E-state index in [0.29, 0.717) is 11.4 Å². The Morgan fingerprint density at radius 3 is 2.93 bits per heavy atom. The van der Waals surface area contributed by atoms with Gasteiger partial charge in [-0.2, -0.15) is 0 Å². The second kappa shape index (κ2) is 4.76. The Morgan fingerprint density at radius 2 is 2.36 bits per heavy atom. The summed E-state index contributed by atoms with van der Waals surface area (Å²) in [5.41, 5.74) is 6.23. The molecule has 1 aromatic carbocycles. The predicted molar refractivity (Wildman–Crippen MR) is 55.8 cm³/mol. The molecule has 1 rings (SSSR count). The second-order valence-electron chi connectivity index (χ2n) is 2.59. The van der Waals surface area contributed by atoms with Crippen LogP contribution in [0.4, 0.5) is 5.69 Å². The molecule has 0 bridgehead atoms. The molecule has 3 N–H and O–H groups in total. The van der Waals surface area contributed by atoms with Gasteiger partial charge in [-0.25, -0.2) is 0 Å². The van der Waals surface area contributed by atoms with Crippen molar-refractivity contribution in [2.24, 2.45) is 0 Å². The maximum absolute atomic E-state index is 10.3. The van der Waals surface area contributed by atoms with Crippen molar-refractivity contribution in [2.75, 3.05) is 18.6 Å². The Hall–Kier alpha value is -1.36. The van der Waals surface area contributed by atoms with Gasteiger partial charge in [0, 0.05) is 10.6 Å². The molecule has 0 amide bonds. The van der Waals surface area contributed by atoms with Crippen LogP contribution in [0.3, 0.4) is 0 Å². The van der Waals surface area contributed by atoms with Crippen LogP contribution in [-0.4, -0.2) is 23.9 Å². The highest BCUT2D eigenvalue weighted by atomic mass is 32.2. The number of rotatable bonds is 4. The topological polar surface area (TPSA) is 72.5 Å². The molecule has 0 atom stereocenters. The molecule has 1 aromatic rings. The Morgan fingerprint density at radius 1 is 1.64 bits per heavy atom. The van der Waals surface area contributed by atoms with Crippen LogP contribution in [0.25, 0.3) is 0 Å². The van der Waals surface area contributed by atoms with Crippen molar-refractivity contribution in [1.29, 1.82) is 0 Å². The standard InChI is InChI=1S/C9H11NO3S/c1-13-6-2-3-7(10)8(4-6)14-5-9(11)12/h2-4H,5,10H2,1H3,(H,11,12). The molecule has 0 unspecified atom stereocenters. The molecule has 0 aromatic heterocycles. The zero-order valence-corrected chi connectivity index (χ0v) is 8.50. The molecule has 0 fully saturated rings. The summed E-state index contributed by atoms with van der Waals surface area (Å²) in [6, 6.07) is 5.16. The lowest BCUT2D eigenvalue weighted by atomic mass is 10.3. The van der Waals surface area contributed by atoms with Gasteiger partial charge in [-0.3, -0.25) is 4.79 Å². The van der Waals surface area contributed by atoms with Crippen molar-refractivity contribution in [1.82, 2.24) is 0 Å². The molecular formula is C9H11NO3S. The molecular weight excluding hydrogens is 202 g/mol. The molecule has 0 saturated heterocycles. The van der Waals surface area contributed by atoms with Gasteiger partial charge in [-0.1, -0.05) is 0 Å². The Bertz CT molecular complexity index is 341. The summed E-state index contributed by atoms with van der Waals surface area (Å²) in [6.07, 6.45) is 0. The first-order valence-corrected chi connectivity index (χ1v) is 4.90. The highest BCUT2D eigenvalue weighted by Crippen LogP contribution is 2.28. The normalized spacial score (nSPS) is 9.79. The van der Waals surface area contributed by atoms with Crippen molar-refractivity contribution >= 4 is 23.4 Å². The number of methoxy groups -OCH3 is 1. The number of carboxylic acid groups (broad SMARTS) is 1. The van der Waals surface area contributed by atoms with Gasteiger partial charge in [-0.15, -0.1) is 11.8 Å². The molecule has 0 aliphatic heterocycles. The van der Waals surface area contributed by atoms with Crippen LogP contribution in [0, 0.1) is 0 Å². The maximum Gasteiger partial charge on any atom is 0.313 e. The van der Waals surface area contributed by atoms with Crippen molar-refractivity contribution in [3.8, 4) is 5.75 Å². The number of nitrogens with two attached hydrogens (primary N) is 1. The van der Waals surface area contributed by atoms with E-state index >= 15 is 0 Å². The highest BCUT2D eigenvalue weighted by molar-refractivity contribution is 8.00. The number of anilines is 1. The number of thioether (sulfide) groups is 1. The molecule has 0 heterocycles. The van der Waals surface area contributed by atoms with Crippen LogP contribution in [0.5, 0.6) is 5.75 Å². The van der Waals surface area contributed by atoms with Gasteiger partial charge < -0.3 is 15.6 Å². The average molecular weight is 213 g/mol. The summed E-state index contributed by atoms with van der Waals surface area (Å²) in [6.45, 7) is 0. The first-order valence-electron chi connectivity index (χ1n) is 3.91. The third-order valence-corrected chi connectivity index (χ3v) is 2.63. The van der Waals surface area contributed by atoms with E-state index in [9.17, 15) is 4.79 Å². The van der Waals surface area contributed by atoms with E-state index in [1.165, 1.54) is 11.8 Å². The van der Waals surface area contributed by atoms with Gasteiger partial charge in [0.15, 0.2) is 0 Å². The number of hydrogen-bond acceptors (Lipinski definition) is 4. The van der Waals surface area contributed by atoms with Crippen LogP contribution in [0.2, 0.25) is 0 Å². The molecule has 5 heteroatoms. The molecule has 0 radical (unpaired) electrons. The fourth-order valence-corrected chi connectivity index (χ4v) is 1.62. The van der Waals surface area contributed by atoms with Crippen molar-refractivity contribution < 1.29 is 14.6 Å². The van der Waals surface area contributed by atoms with E-state index < -0.39 is 5.97 Å². The van der Waals surface area contributed by atoms with E-state index in [0.717, 1.165) is 4.90 Å². The maximum atomic E-state index is 10.3. The van der Waals surface area contributed by atoms with Crippen molar-refractivity contribution in [3.05, 3.63) is 18.2 Å². The quantitative estimate of drug-likeness (QED) is 0.585. The van der Waals surface area contributed by atoms with E-state index in [1.54, 1.807) is 25.3 Å². The SMILES string of the molecule is COc1ccc(N)c(SCC(=O)O)c1. The van der Waals surface area contributed by atoms with Gasteiger partial charge in [0.2, 0.25) is 0 Å². The average Bonchev–Trinajstić information content (AvgIpc) is 2.16. The number of ether oxygens (including phenoxy) is 1. The summed E-state index contributed by atoms with van der Waals surface area (Å²) in [5.74, 6) is -0.193. The van der Waals surface area contributed by atoms with Gasteiger partial charge in [0.1, 0.15) is 5.75 Å². The third kappa shape index (κ3) is 2.85. The minimum atomic E-state index is -0.864. The number of nitrogen functional groups attached to an aromatic ring is 1. The van der Waals surface area contributed by atoms with Crippen LogP contribution in [0.1, 0.15) is 0 Å². The van der Waals surface area contributed by atoms with Crippen LogP contribution in [-0.2, 0) is 4.79 Å². The second-order valence-corrected chi connectivity index (χ2v) is 3.60. The van der Waals surface area contributed by atoms with Crippen LogP contribution >= 0.6 is 11.8 Å². The molecule has 0 aliphatic rings. The molecule has 0 aliphatic carbocycles. The van der Waals surface area contributed by atoms with Gasteiger partial charge >= 0.3 is 5.97 Å². The van der Waals surface area contributed by atoms with Gasteiger partial charge in [0.25, 0.3) is 0 Å². The fourth-order valence-electron chi connectivity index (χ4n) is 0.906. The smallest absolute Gasteiger partial charge is 0.313 e. The minimum Gasteiger partial charge on any atom is -0.497 e. The predicted octanol–water partition coefficient (Wildman–Crippen LogP) is 1.45. The number of carboxylic acids is 1. The summed E-state index contributed by atoms with van der Waals surface area (Å²) < 4.78 is 5.00. The third-order valence-electron chi connectivity index (χ3n) is 1.57. The monoisotopic (exact) mass is 213 g/mol. The molecule has 0 spiro atoms. The molecule has 14 heavy (non-hydrogen) atoms. The fraction of sp³-hybridized carbons (Fsp3) is 0.222. The Kier molecular flexibility index (Phi) is 3.64. The highest BCUT2D eigenvalue weighted by Gasteiger charge is 2.04. The first-order chi connectivity index (χ1) is 6.63. The first kappa shape index (κ1) is 10.7. The molecule has 76 valence electrons. The Labute approximate surface area is 86.1 Å². The lowest BCUT2D eigenvalue weighted by molar-refractivity contribution is -0.133. The lowest BCUT2D eigenvalue weighted by Gasteiger charge is -2.06. The van der Waals surface area contributed by atoms with E-state index in [2.05, 4.69) is 0 Å². The summed E-state index contributed by atoms with van der Waals surface area (Å²) in [4.78, 5) is 11.1. The van der Waals surface area contributed by atoms with Crippen LogP contribution < -0.4 is 10.5 Å². The number of benzene rings is 1. The summed E-state index contributed by atoms with van der Waals surface area (Å²) >= 11 is 1.18. The van der Waals surface area contributed by atoms with E-state index in [4.69, 9.17) is 15.6 Å². The zero-order chi connectivity index (χ0) is 10.6. The lowest BCUT2D eigenvalue weighted by Crippen LogP contribution is -1.99. The molecule has 4 nitrogen and oxygen atoms in total. The minimum absolute atomic E-state index is 0.00261. The molecule has 0 saturated carbocycles. The van der Waals surface area contributed by atoms with E-state index in [-0.39, 0.29) is 5.75 Å². The van der Waals surface area contributed by atoms with E-state index in [1.807, 2.05) is 0 Å². The largest absolute Gasteiger partial charge is 0.497 e. The van der Waals surface area contributed by atoms with Crippen molar-refractivity contribution in [2.45, 2.75) is 4.90 Å². The number of aliphatic carboxylic acids is 1. The van der Waals surface area contributed by atoms with Gasteiger partial charge in [0.05, 0.1) is 12.9 Å². The summed E-state index contributed by atoms with van der Waals surface area (Å²) in [5, 5.41) is 8.50. The van der Waals surface area contributed by atoms with Crippen LogP contribution in [0.15, 0.2) is 23.1 Å². The Balaban J connectivity index is 2.78.